The number of hydrogen-bond donors (Lipinski definition) is 1. The van der Waals surface area contributed by atoms with E-state index >= 15 is 0 Å². The average Bonchev–Trinajstić information content (AvgIpc) is 3.12. The molecular weight excluding hydrogens is 290 g/mol. The van der Waals surface area contributed by atoms with Crippen LogP contribution in [0, 0.1) is 13.8 Å². The van der Waals surface area contributed by atoms with E-state index in [0.29, 0.717) is 12.5 Å². The van der Waals surface area contributed by atoms with Crippen LogP contribution in [0.3, 0.4) is 0 Å². The summed E-state index contributed by atoms with van der Waals surface area (Å²) in [7, 11) is 0. The van der Waals surface area contributed by atoms with E-state index in [2.05, 4.69) is 38.0 Å². The number of rotatable bonds is 5. The number of anilines is 1. The Balaban J connectivity index is 1.47. The highest BCUT2D eigenvalue weighted by molar-refractivity contribution is 5.90. The van der Waals surface area contributed by atoms with Crippen molar-refractivity contribution >= 4 is 11.6 Å². The van der Waals surface area contributed by atoms with Gasteiger partial charge in [-0.15, -0.1) is 0 Å². The quantitative estimate of drug-likeness (QED) is 0.919. The highest BCUT2D eigenvalue weighted by Gasteiger charge is 2.25. The van der Waals surface area contributed by atoms with Crippen LogP contribution < -0.4 is 5.32 Å². The topological polar surface area (TPSA) is 63.1 Å². The van der Waals surface area contributed by atoms with Crippen molar-refractivity contribution in [3.63, 3.8) is 0 Å². The molecule has 3 rings (SSSR count). The molecule has 6 nitrogen and oxygen atoms in total. The van der Waals surface area contributed by atoms with Crippen LogP contribution in [0.15, 0.2) is 30.6 Å². The summed E-state index contributed by atoms with van der Waals surface area (Å²) in [6.07, 6.45) is 4.94. The fourth-order valence-corrected chi connectivity index (χ4v) is 3.15. The van der Waals surface area contributed by atoms with Gasteiger partial charge >= 0.3 is 0 Å². The molecule has 122 valence electrons. The summed E-state index contributed by atoms with van der Waals surface area (Å²) in [5.41, 5.74) is 3.03. The molecule has 1 atom stereocenters. The predicted octanol–water partition coefficient (Wildman–Crippen LogP) is 2.17. The van der Waals surface area contributed by atoms with E-state index in [0.717, 1.165) is 37.4 Å². The van der Waals surface area contributed by atoms with Crippen LogP contribution in [0.25, 0.3) is 0 Å². The lowest BCUT2D eigenvalue weighted by Crippen LogP contribution is -2.26. The highest BCUT2D eigenvalue weighted by Crippen LogP contribution is 2.23. The largest absolute Gasteiger partial charge is 0.325 e. The molecule has 1 saturated heterocycles. The van der Waals surface area contributed by atoms with E-state index in [1.54, 1.807) is 12.4 Å². The molecule has 2 aromatic rings. The Bertz CT molecular complexity index is 667. The number of likely N-dealkylation sites (tertiary alicyclic amines) is 1. The standard InChI is InChI=1S/C17H23N5O/c1-13-10-14(2)22(20-13)16-5-8-21(12-16)9-6-17(23)19-15-4-3-7-18-11-15/h3-4,7,10-11,16H,5-6,8-9,12H2,1-2H3,(H,19,23)/t16-/m1/s1. The van der Waals surface area contributed by atoms with Crippen molar-refractivity contribution in [3.8, 4) is 0 Å². The normalized spacial score (nSPS) is 18.3. The van der Waals surface area contributed by atoms with E-state index in [1.807, 2.05) is 19.1 Å². The van der Waals surface area contributed by atoms with Crippen molar-refractivity contribution in [3.05, 3.63) is 42.0 Å². The Labute approximate surface area is 136 Å². The predicted molar refractivity (Wildman–Crippen MR) is 89.3 cm³/mol. The summed E-state index contributed by atoms with van der Waals surface area (Å²) in [4.78, 5) is 18.3. The number of nitrogens with one attached hydrogen (secondary N) is 1. The van der Waals surface area contributed by atoms with Crippen molar-refractivity contribution in [2.45, 2.75) is 32.7 Å². The Morgan fingerprint density at radius 2 is 2.30 bits per heavy atom. The van der Waals surface area contributed by atoms with E-state index in [1.165, 1.54) is 5.69 Å². The van der Waals surface area contributed by atoms with Gasteiger partial charge in [-0.25, -0.2) is 0 Å². The second-order valence-corrected chi connectivity index (χ2v) is 6.15. The van der Waals surface area contributed by atoms with E-state index in [-0.39, 0.29) is 5.91 Å². The molecule has 1 fully saturated rings. The molecule has 0 spiro atoms. The molecule has 0 saturated carbocycles. The molecule has 0 radical (unpaired) electrons. The molecule has 6 heteroatoms. The monoisotopic (exact) mass is 313 g/mol. The van der Waals surface area contributed by atoms with E-state index in [4.69, 9.17) is 0 Å². The van der Waals surface area contributed by atoms with Gasteiger partial charge < -0.3 is 10.2 Å². The molecule has 0 aliphatic carbocycles. The van der Waals surface area contributed by atoms with Crippen molar-refractivity contribution < 1.29 is 4.79 Å². The van der Waals surface area contributed by atoms with Crippen LogP contribution in [0.1, 0.15) is 30.3 Å². The summed E-state index contributed by atoms with van der Waals surface area (Å²) < 4.78 is 2.13. The number of hydrogen-bond acceptors (Lipinski definition) is 4. The summed E-state index contributed by atoms with van der Waals surface area (Å²) in [5, 5.41) is 7.46. The molecule has 1 amide bonds. The molecular formula is C17H23N5O. The van der Waals surface area contributed by atoms with Gasteiger partial charge in [0.15, 0.2) is 0 Å². The molecule has 0 aromatic carbocycles. The average molecular weight is 313 g/mol. The summed E-state index contributed by atoms with van der Waals surface area (Å²) >= 11 is 0. The Morgan fingerprint density at radius 3 is 3.00 bits per heavy atom. The summed E-state index contributed by atoms with van der Waals surface area (Å²) in [5.74, 6) is 0.0348. The first-order valence-corrected chi connectivity index (χ1v) is 8.07. The molecule has 2 aromatic heterocycles. The van der Waals surface area contributed by atoms with Gasteiger partial charge in [-0.1, -0.05) is 0 Å². The third kappa shape index (κ3) is 3.96. The third-order valence-corrected chi connectivity index (χ3v) is 4.24. The van der Waals surface area contributed by atoms with Gasteiger partial charge in [-0.3, -0.25) is 14.5 Å². The van der Waals surface area contributed by atoms with Gasteiger partial charge in [-0.05, 0) is 38.5 Å². The number of carbonyl (C=O) groups is 1. The Hall–Kier alpha value is -2.21. The Morgan fingerprint density at radius 1 is 1.43 bits per heavy atom. The maximum atomic E-state index is 12.0. The minimum atomic E-state index is 0.0348. The number of nitrogens with zero attached hydrogens (tertiary/aromatic N) is 4. The smallest absolute Gasteiger partial charge is 0.225 e. The van der Waals surface area contributed by atoms with Crippen LogP contribution in [0.5, 0.6) is 0 Å². The molecule has 23 heavy (non-hydrogen) atoms. The highest BCUT2D eigenvalue weighted by atomic mass is 16.1. The van der Waals surface area contributed by atoms with Gasteiger partial charge in [0.05, 0.1) is 23.6 Å². The molecule has 1 aliphatic heterocycles. The van der Waals surface area contributed by atoms with Gasteiger partial charge in [0.1, 0.15) is 0 Å². The lowest BCUT2D eigenvalue weighted by atomic mass is 10.2. The van der Waals surface area contributed by atoms with Crippen molar-refractivity contribution in [1.82, 2.24) is 19.7 Å². The second-order valence-electron chi connectivity index (χ2n) is 6.15. The molecule has 0 unspecified atom stereocenters. The maximum Gasteiger partial charge on any atom is 0.225 e. The fraction of sp³-hybridized carbons (Fsp3) is 0.471. The number of amides is 1. The lowest BCUT2D eigenvalue weighted by molar-refractivity contribution is -0.116. The van der Waals surface area contributed by atoms with Gasteiger partial charge in [0.25, 0.3) is 0 Å². The van der Waals surface area contributed by atoms with Crippen LogP contribution >= 0.6 is 0 Å². The fourth-order valence-electron chi connectivity index (χ4n) is 3.15. The van der Waals surface area contributed by atoms with Crippen LogP contribution in [0.2, 0.25) is 0 Å². The first-order valence-electron chi connectivity index (χ1n) is 8.07. The molecule has 3 heterocycles. The zero-order chi connectivity index (χ0) is 16.2. The van der Waals surface area contributed by atoms with Crippen LogP contribution in [-0.2, 0) is 4.79 Å². The SMILES string of the molecule is Cc1cc(C)n([C@@H]2CCN(CCC(=O)Nc3cccnc3)C2)n1. The summed E-state index contributed by atoms with van der Waals surface area (Å²) in [6, 6.07) is 6.20. The number of carbonyl (C=O) groups excluding carboxylic acids is 1. The minimum Gasteiger partial charge on any atom is -0.325 e. The first kappa shape index (κ1) is 15.7. The van der Waals surface area contributed by atoms with Crippen LogP contribution in [0.4, 0.5) is 5.69 Å². The first-order chi connectivity index (χ1) is 11.1. The number of aryl methyl sites for hydroxylation is 2. The summed E-state index contributed by atoms with van der Waals surface area (Å²) in [6.45, 7) is 6.89. The molecule has 1 N–H and O–H groups in total. The van der Waals surface area contributed by atoms with E-state index in [9.17, 15) is 4.79 Å². The van der Waals surface area contributed by atoms with E-state index < -0.39 is 0 Å². The Kier molecular flexibility index (Phi) is 4.71. The number of pyridine rings is 1. The van der Waals surface area contributed by atoms with Crippen molar-refractivity contribution in [2.75, 3.05) is 25.0 Å². The maximum absolute atomic E-state index is 12.0. The van der Waals surface area contributed by atoms with Gasteiger partial charge in [0.2, 0.25) is 5.91 Å². The molecule has 1 aliphatic rings. The second kappa shape index (κ2) is 6.91. The van der Waals surface area contributed by atoms with Crippen LogP contribution in [-0.4, -0.2) is 45.2 Å². The molecule has 0 bridgehead atoms. The minimum absolute atomic E-state index is 0.0348. The zero-order valence-corrected chi connectivity index (χ0v) is 13.7. The number of aromatic nitrogens is 3. The third-order valence-electron chi connectivity index (χ3n) is 4.24. The van der Waals surface area contributed by atoms with Gasteiger partial charge in [0, 0.05) is 37.9 Å². The van der Waals surface area contributed by atoms with Gasteiger partial charge in [-0.2, -0.15) is 5.10 Å². The van der Waals surface area contributed by atoms with Crippen molar-refractivity contribution in [1.29, 1.82) is 0 Å². The zero-order valence-electron chi connectivity index (χ0n) is 13.7. The lowest BCUT2D eigenvalue weighted by Gasteiger charge is -2.16. The van der Waals surface area contributed by atoms with Crippen molar-refractivity contribution in [2.24, 2.45) is 0 Å².